The van der Waals surface area contributed by atoms with E-state index in [2.05, 4.69) is 24.5 Å². The fraction of sp³-hybridized carbons (Fsp3) is 0.941. The first-order chi connectivity index (χ1) is 21.8. The van der Waals surface area contributed by atoms with E-state index in [0.717, 1.165) is 50.3 Å². The Bertz CT molecular complexity index is 795. The smallest absolute Gasteiger partial charge is 0.243 e. The van der Waals surface area contributed by atoms with Crippen molar-refractivity contribution in [3.05, 3.63) is 0 Å². The molecular formula is C34H65N3O7S. The molecule has 2 amide bonds. The molecule has 0 saturated carbocycles. The van der Waals surface area contributed by atoms with Gasteiger partial charge < -0.3 is 35.8 Å². The molecule has 264 valence electrons. The molecule has 0 spiro atoms. The lowest BCUT2D eigenvalue weighted by Crippen LogP contribution is -2.65. The first-order valence-corrected chi connectivity index (χ1v) is 19.2. The third-order valence-corrected chi connectivity index (χ3v) is 10.5. The maximum Gasteiger partial charge on any atom is 0.243 e. The zero-order valence-corrected chi connectivity index (χ0v) is 29.0. The van der Waals surface area contributed by atoms with Gasteiger partial charge in [0.25, 0.3) is 0 Å². The van der Waals surface area contributed by atoms with Crippen molar-refractivity contribution in [3.63, 3.8) is 0 Å². The van der Waals surface area contributed by atoms with Crippen molar-refractivity contribution in [2.45, 2.75) is 184 Å². The molecule has 0 aromatic rings. The SMILES string of the molecule is CCCCCCCCCCCCNC(=O)[C@H](CS[C@@H]1C(O)C(O)[C@@H](O)C2COC(O)N21)NC(=O)CCCCCCCCCCC. The number of piperidine rings is 1. The second-order valence-corrected chi connectivity index (χ2v) is 14.2. The Morgan fingerprint density at radius 2 is 1.24 bits per heavy atom. The molecule has 11 heteroatoms. The van der Waals surface area contributed by atoms with Gasteiger partial charge in [-0.3, -0.25) is 9.59 Å². The average molecular weight is 660 g/mol. The summed E-state index contributed by atoms with van der Waals surface area (Å²) >= 11 is 1.16. The van der Waals surface area contributed by atoms with Crippen molar-refractivity contribution in [1.29, 1.82) is 0 Å². The van der Waals surface area contributed by atoms with E-state index in [4.69, 9.17) is 4.74 Å². The van der Waals surface area contributed by atoms with Crippen LogP contribution in [0.25, 0.3) is 0 Å². The number of nitrogens with one attached hydrogen (secondary N) is 2. The summed E-state index contributed by atoms with van der Waals surface area (Å²) in [6.45, 7) is 4.99. The number of aliphatic hydroxyl groups excluding tert-OH is 4. The predicted octanol–water partition coefficient (Wildman–Crippen LogP) is 4.56. The number of hydrogen-bond donors (Lipinski definition) is 6. The highest BCUT2D eigenvalue weighted by molar-refractivity contribution is 8.00. The van der Waals surface area contributed by atoms with Crippen LogP contribution in [-0.2, 0) is 14.3 Å². The summed E-state index contributed by atoms with van der Waals surface area (Å²) < 4.78 is 5.27. The van der Waals surface area contributed by atoms with Gasteiger partial charge in [0, 0.05) is 18.7 Å². The maximum atomic E-state index is 13.2. The Hall–Kier alpha value is -0.950. The number of rotatable bonds is 26. The number of ether oxygens (including phenoxy) is 1. The summed E-state index contributed by atoms with van der Waals surface area (Å²) in [7, 11) is 0. The second-order valence-electron chi connectivity index (χ2n) is 13.0. The molecule has 0 radical (unpaired) electrons. The van der Waals surface area contributed by atoms with Crippen LogP contribution >= 0.6 is 11.8 Å². The van der Waals surface area contributed by atoms with E-state index in [1.807, 2.05) is 0 Å². The van der Waals surface area contributed by atoms with Gasteiger partial charge in [-0.15, -0.1) is 11.8 Å². The fourth-order valence-corrected chi connectivity index (χ4v) is 7.67. The van der Waals surface area contributed by atoms with Gasteiger partial charge in [-0.2, -0.15) is 0 Å². The first kappa shape index (κ1) is 40.2. The number of unbranched alkanes of at least 4 members (excludes halogenated alkanes) is 17. The van der Waals surface area contributed by atoms with Crippen molar-refractivity contribution in [2.24, 2.45) is 0 Å². The van der Waals surface area contributed by atoms with E-state index < -0.39 is 42.2 Å². The van der Waals surface area contributed by atoms with Crippen molar-refractivity contribution >= 4 is 23.6 Å². The third kappa shape index (κ3) is 15.2. The van der Waals surface area contributed by atoms with Gasteiger partial charge in [-0.1, -0.05) is 123 Å². The molecule has 6 N–H and O–H groups in total. The first-order valence-electron chi connectivity index (χ1n) is 18.1. The molecule has 10 nitrogen and oxygen atoms in total. The van der Waals surface area contributed by atoms with Gasteiger partial charge in [0.05, 0.1) is 18.0 Å². The summed E-state index contributed by atoms with van der Waals surface area (Å²) in [5.41, 5.74) is 0. The van der Waals surface area contributed by atoms with Crippen molar-refractivity contribution in [2.75, 3.05) is 18.9 Å². The predicted molar refractivity (Wildman–Crippen MR) is 180 cm³/mol. The van der Waals surface area contributed by atoms with E-state index in [9.17, 15) is 30.0 Å². The summed E-state index contributed by atoms with van der Waals surface area (Å²) in [6, 6.07) is -1.51. The lowest BCUT2D eigenvalue weighted by Gasteiger charge is -2.45. The number of nitrogens with zero attached hydrogens (tertiary/aromatic N) is 1. The van der Waals surface area contributed by atoms with E-state index in [1.54, 1.807) is 0 Å². The van der Waals surface area contributed by atoms with Gasteiger partial charge in [-0.05, 0) is 12.8 Å². The Balaban J connectivity index is 1.82. The van der Waals surface area contributed by atoms with E-state index in [1.165, 1.54) is 88.4 Å². The summed E-state index contributed by atoms with van der Waals surface area (Å²) in [6.07, 6.45) is 17.4. The summed E-state index contributed by atoms with van der Waals surface area (Å²) in [5.74, 6) is -0.326. The topological polar surface area (TPSA) is 152 Å². The van der Waals surface area contributed by atoms with E-state index >= 15 is 0 Å². The molecule has 45 heavy (non-hydrogen) atoms. The molecule has 0 aliphatic carbocycles. The van der Waals surface area contributed by atoms with Crippen LogP contribution in [0.15, 0.2) is 0 Å². The lowest BCUT2D eigenvalue weighted by molar-refractivity contribution is -0.189. The summed E-state index contributed by atoms with van der Waals surface area (Å²) in [5, 5.41) is 47.0. The van der Waals surface area contributed by atoms with Gasteiger partial charge in [-0.25, -0.2) is 4.90 Å². The standard InChI is InChI=1S/C34H65N3O7S/c1-3-5-7-9-11-13-15-17-19-21-23-35-32(42)26(36-28(38)22-20-18-16-14-12-10-8-6-4-2)25-45-33-31(41)30(40)29(39)27-24-44-34(43)37(27)33/h26-27,29-31,33-34,39-41,43H,3-25H2,1-2H3,(H,35,42)(H,36,38)/t26-,27?,29-,30?,31?,33+,34?/m0/s1. The zero-order chi connectivity index (χ0) is 32.9. The summed E-state index contributed by atoms with van der Waals surface area (Å²) in [4.78, 5) is 27.6. The van der Waals surface area contributed by atoms with Gasteiger partial charge in [0.2, 0.25) is 18.2 Å². The van der Waals surface area contributed by atoms with E-state index in [0.29, 0.717) is 13.0 Å². The Morgan fingerprint density at radius 3 is 1.80 bits per heavy atom. The van der Waals surface area contributed by atoms with Crippen molar-refractivity contribution < 1.29 is 34.8 Å². The molecule has 4 unspecified atom stereocenters. The number of hydrogen-bond acceptors (Lipinski definition) is 9. The Kier molecular flexibility index (Phi) is 21.7. The minimum Gasteiger partial charge on any atom is -0.389 e. The molecule has 2 saturated heterocycles. The van der Waals surface area contributed by atoms with Crippen LogP contribution in [-0.4, -0.2) is 98.2 Å². The highest BCUT2D eigenvalue weighted by atomic mass is 32.2. The minimum atomic E-state index is -1.41. The highest BCUT2D eigenvalue weighted by Gasteiger charge is 2.53. The molecule has 2 heterocycles. The normalized spacial score (nSPS) is 25.6. The van der Waals surface area contributed by atoms with Gasteiger partial charge >= 0.3 is 0 Å². The van der Waals surface area contributed by atoms with Crippen molar-refractivity contribution in [3.8, 4) is 0 Å². The molecule has 2 fully saturated rings. The van der Waals surface area contributed by atoms with E-state index in [-0.39, 0.29) is 24.2 Å². The number of carbonyl (C=O) groups excluding carboxylic acids is 2. The molecule has 7 atom stereocenters. The monoisotopic (exact) mass is 659 g/mol. The molecule has 0 bridgehead atoms. The minimum absolute atomic E-state index is 0.0153. The van der Waals surface area contributed by atoms with Crippen LogP contribution in [0.1, 0.15) is 142 Å². The number of amides is 2. The maximum absolute atomic E-state index is 13.2. The van der Waals surface area contributed by atoms with Gasteiger partial charge in [0.15, 0.2) is 0 Å². The van der Waals surface area contributed by atoms with Crippen LogP contribution in [0.2, 0.25) is 0 Å². The molecular weight excluding hydrogens is 594 g/mol. The second kappa shape index (κ2) is 24.2. The van der Waals surface area contributed by atoms with Gasteiger partial charge in [0.1, 0.15) is 24.4 Å². The quantitative estimate of drug-likeness (QED) is 0.0735. The zero-order valence-electron chi connectivity index (χ0n) is 28.2. The average Bonchev–Trinajstić information content (AvgIpc) is 3.42. The lowest BCUT2D eigenvalue weighted by atomic mass is 9.95. The highest BCUT2D eigenvalue weighted by Crippen LogP contribution is 2.36. The number of fused-ring (bicyclic) bond motifs is 1. The largest absolute Gasteiger partial charge is 0.389 e. The molecule has 0 aromatic carbocycles. The number of thioether (sulfide) groups is 1. The Morgan fingerprint density at radius 1 is 0.733 bits per heavy atom. The van der Waals surface area contributed by atoms with Crippen LogP contribution in [0, 0.1) is 0 Å². The van der Waals surface area contributed by atoms with Crippen LogP contribution < -0.4 is 10.6 Å². The fourth-order valence-electron chi connectivity index (χ4n) is 6.26. The van der Waals surface area contributed by atoms with Crippen LogP contribution in [0.4, 0.5) is 0 Å². The molecule has 2 aliphatic heterocycles. The van der Waals surface area contributed by atoms with Crippen LogP contribution in [0.3, 0.4) is 0 Å². The van der Waals surface area contributed by atoms with Crippen LogP contribution in [0.5, 0.6) is 0 Å². The Labute approximate surface area is 276 Å². The number of aliphatic hydroxyl groups is 4. The molecule has 2 rings (SSSR count). The molecule has 2 aliphatic rings. The third-order valence-electron chi connectivity index (χ3n) is 9.16. The number of carbonyl (C=O) groups is 2. The van der Waals surface area contributed by atoms with Crippen molar-refractivity contribution in [1.82, 2.24) is 15.5 Å². The molecule has 0 aromatic heterocycles.